The quantitative estimate of drug-likeness (QED) is 0.161. The molecule has 4 heteroatoms. The second kappa shape index (κ2) is 15.3. The zero-order valence-electron chi connectivity index (χ0n) is 49.8. The zero-order chi connectivity index (χ0) is 51.9. The fourth-order valence-electron chi connectivity index (χ4n) is 15.6. The Labute approximate surface area is 417 Å². The summed E-state index contributed by atoms with van der Waals surface area (Å²) in [6.45, 7) is 73.1. The minimum atomic E-state index is -0.879. The van der Waals surface area contributed by atoms with Crippen LogP contribution >= 0.6 is 0 Å². The van der Waals surface area contributed by atoms with Gasteiger partial charge < -0.3 is 17.4 Å². The summed E-state index contributed by atoms with van der Waals surface area (Å²) in [5.41, 5.74) is 13.8. The Morgan fingerprint density at radius 1 is 0.529 bits per heavy atom. The minimum Gasteiger partial charge on any atom is -0.478 e. The topological polar surface area (TPSA) is 43.6 Å². The smallest absolute Gasteiger partial charge is 0.336 e. The molecule has 0 radical (unpaired) electrons. The van der Waals surface area contributed by atoms with Gasteiger partial charge in [0.2, 0.25) is 5.36 Å². The summed E-state index contributed by atoms with van der Waals surface area (Å²) in [6, 6.07) is 7.94. The first-order valence-corrected chi connectivity index (χ1v) is 26.3. The van der Waals surface area contributed by atoms with Crippen molar-refractivity contribution in [2.45, 2.75) is 258 Å². The Hall–Kier alpha value is -3.40. The molecule has 5 aliphatic rings. The van der Waals surface area contributed by atoms with Crippen LogP contribution in [0.15, 0.2) is 24.3 Å². The summed E-state index contributed by atoms with van der Waals surface area (Å²) >= 11 is 0. The van der Waals surface area contributed by atoms with E-state index in [0.717, 1.165) is 17.6 Å². The molecular weight excluding hydrogens is 829 g/mol. The van der Waals surface area contributed by atoms with Crippen LogP contribution in [0.3, 0.4) is 0 Å². The number of nitrogens with zero attached hydrogens (tertiary/aromatic N) is 2. The van der Waals surface area contributed by atoms with Crippen molar-refractivity contribution in [3.63, 3.8) is 0 Å². The van der Waals surface area contributed by atoms with Crippen molar-refractivity contribution < 1.29 is 9.90 Å². The van der Waals surface area contributed by atoms with Crippen molar-refractivity contribution in [1.82, 2.24) is 4.58 Å². The molecule has 3 aromatic rings. The number of carboxylic acids is 1. The SMILES string of the molecule is CC.CC.Cc1c2c(c3c4c1C(C)(C)C(C)(C)C(C)(C)N4C(C)(C)C(C)(C)C3(C)C)Cc1c3c4c(c(C)c1=C2c1ccccc1C(=O)O)C(C)(C)C(C)(C)C(C)(C)[N+]=4C(C)(C)C(C)(C)C3(C)C.[CH3-]. The highest BCUT2D eigenvalue weighted by atomic mass is 16.4. The molecule has 0 atom stereocenters. The summed E-state index contributed by atoms with van der Waals surface area (Å²) in [7, 11) is 0. The molecule has 68 heavy (non-hydrogen) atoms. The van der Waals surface area contributed by atoms with E-state index in [-0.39, 0.29) is 72.9 Å². The normalized spacial score (nSPS) is 24.7. The molecule has 0 saturated carbocycles. The predicted molar refractivity (Wildman–Crippen MR) is 296 cm³/mol. The van der Waals surface area contributed by atoms with Crippen molar-refractivity contribution in [3.8, 4) is 0 Å². The van der Waals surface area contributed by atoms with Crippen LogP contribution in [0.5, 0.6) is 0 Å². The van der Waals surface area contributed by atoms with Gasteiger partial charge in [0, 0.05) is 77.2 Å². The first-order chi connectivity index (χ1) is 30.1. The fraction of sp³-hybridized carbons (Fsp3) is 0.672. The van der Waals surface area contributed by atoms with Crippen LogP contribution in [-0.2, 0) is 28.1 Å². The van der Waals surface area contributed by atoms with E-state index in [2.05, 4.69) is 202 Å². The second-order valence-corrected chi connectivity index (χ2v) is 27.5. The predicted octanol–water partition coefficient (Wildman–Crippen LogP) is 15.3. The van der Waals surface area contributed by atoms with Gasteiger partial charge in [-0.25, -0.2) is 9.37 Å². The molecule has 378 valence electrons. The first kappa shape index (κ1) is 55.5. The molecule has 4 aliphatic heterocycles. The lowest BCUT2D eigenvalue weighted by molar-refractivity contribution is -0.0626. The third-order valence-corrected chi connectivity index (χ3v) is 23.5. The van der Waals surface area contributed by atoms with Crippen molar-refractivity contribution >= 4 is 17.2 Å². The molecule has 1 N–H and O–H groups in total. The van der Waals surface area contributed by atoms with Crippen LogP contribution in [-0.4, -0.2) is 33.2 Å². The van der Waals surface area contributed by atoms with E-state index >= 15 is 0 Å². The summed E-state index contributed by atoms with van der Waals surface area (Å²) in [5.74, 6) is -0.879. The Morgan fingerprint density at radius 3 is 1.37 bits per heavy atom. The van der Waals surface area contributed by atoms with Crippen LogP contribution in [0.4, 0.5) is 5.69 Å². The lowest BCUT2D eigenvalue weighted by Gasteiger charge is -2.73. The average Bonchev–Trinajstić information content (AvgIpc) is 3.18. The minimum absolute atomic E-state index is 0. The highest BCUT2D eigenvalue weighted by Crippen LogP contribution is 2.70. The van der Waals surface area contributed by atoms with Gasteiger partial charge in [-0.1, -0.05) is 157 Å². The average molecular weight is 930 g/mol. The Bertz CT molecular complexity index is 2730. The van der Waals surface area contributed by atoms with E-state index in [0.29, 0.717) is 5.56 Å². The fourth-order valence-corrected chi connectivity index (χ4v) is 15.6. The van der Waals surface area contributed by atoms with Gasteiger partial charge in [-0.2, -0.15) is 0 Å². The van der Waals surface area contributed by atoms with Gasteiger partial charge in [0.15, 0.2) is 11.1 Å². The molecule has 0 amide bonds. The number of rotatable bonds is 2. The van der Waals surface area contributed by atoms with Gasteiger partial charge in [-0.05, 0) is 131 Å². The molecule has 0 saturated heterocycles. The monoisotopic (exact) mass is 929 g/mol. The van der Waals surface area contributed by atoms with Crippen LogP contribution in [0.2, 0.25) is 0 Å². The maximum Gasteiger partial charge on any atom is 0.336 e. The molecule has 0 fully saturated rings. The van der Waals surface area contributed by atoms with E-state index in [1.54, 1.807) is 0 Å². The summed E-state index contributed by atoms with van der Waals surface area (Å²) in [5, 5.41) is 13.9. The summed E-state index contributed by atoms with van der Waals surface area (Å²) < 4.78 is 2.89. The molecule has 0 aromatic heterocycles. The molecule has 1 aliphatic carbocycles. The Morgan fingerprint density at radius 2 is 0.926 bits per heavy atom. The molecule has 0 spiro atoms. The van der Waals surface area contributed by atoms with E-state index < -0.39 is 5.97 Å². The van der Waals surface area contributed by atoms with Crippen molar-refractivity contribution in [2.24, 2.45) is 21.7 Å². The molecular formula is C64H100N2O2. The lowest BCUT2D eigenvalue weighted by atomic mass is 9.44. The van der Waals surface area contributed by atoms with Crippen LogP contribution in [0.25, 0.3) is 5.57 Å². The largest absolute Gasteiger partial charge is 0.478 e. The lowest BCUT2D eigenvalue weighted by Crippen LogP contribution is -2.79. The highest BCUT2D eigenvalue weighted by Gasteiger charge is 2.71. The number of hydrogen-bond donors (Lipinski definition) is 1. The number of benzene rings is 3. The van der Waals surface area contributed by atoms with Crippen LogP contribution in [0.1, 0.15) is 260 Å². The van der Waals surface area contributed by atoms with Gasteiger partial charge in [-0.15, -0.1) is 0 Å². The molecule has 0 unspecified atom stereocenters. The molecule has 0 bridgehead atoms. The van der Waals surface area contributed by atoms with Crippen LogP contribution < -0.4 is 20.1 Å². The maximum atomic E-state index is 13.7. The first-order valence-electron chi connectivity index (χ1n) is 26.3. The van der Waals surface area contributed by atoms with E-state index in [1.807, 2.05) is 39.8 Å². The van der Waals surface area contributed by atoms with Gasteiger partial charge >= 0.3 is 5.97 Å². The summed E-state index contributed by atoms with van der Waals surface area (Å²) in [4.78, 5) is 16.6. The van der Waals surface area contributed by atoms with Gasteiger partial charge in [0.1, 0.15) is 0 Å². The number of fused-ring (bicyclic) bond motifs is 4. The Balaban J connectivity index is 0.00000168. The third-order valence-electron chi connectivity index (χ3n) is 23.5. The van der Waals surface area contributed by atoms with Gasteiger partial charge in [0.25, 0.3) is 0 Å². The Kier molecular flexibility index (Phi) is 12.5. The second-order valence-electron chi connectivity index (χ2n) is 27.5. The maximum absolute atomic E-state index is 13.7. The molecule has 3 aromatic carbocycles. The van der Waals surface area contributed by atoms with Crippen LogP contribution in [0, 0.1) is 42.9 Å². The summed E-state index contributed by atoms with van der Waals surface area (Å²) in [6.07, 6.45) is 0.798. The number of carboxylic acid groups (broad SMARTS) is 1. The number of anilines is 1. The molecule has 8 rings (SSSR count). The van der Waals surface area contributed by atoms with Crippen molar-refractivity contribution in [1.29, 1.82) is 0 Å². The van der Waals surface area contributed by atoms with Gasteiger partial charge in [0.05, 0.1) is 5.56 Å². The standard InChI is InChI=1S/C59H84N2O2.2C2H6.CH3/c1-32-38-36(43-45-41(32)48(3,4)52(11,12)56(19,20)60(45)58(23,24)54(15,16)50(43,7)8)31-37-39(40(38)34-29-27-28-30-35(34)47(62)63)33(2)42-46-44(37)51(9,10)55(17,18)59(25,26)61(46)57(21,22)53(13,14)49(42,5)6;2*1-2;/h27-30H,31H2,1-26H3;2*1-2H3;1H3/q;;;-1/p+1. The highest BCUT2D eigenvalue weighted by molar-refractivity contribution is 6.00. The van der Waals surface area contributed by atoms with E-state index in [9.17, 15) is 9.90 Å². The number of aromatic carboxylic acids is 1. The van der Waals surface area contributed by atoms with Crippen molar-refractivity contribution in [2.75, 3.05) is 4.90 Å². The van der Waals surface area contributed by atoms with E-state index in [1.165, 1.54) is 66.3 Å². The number of hydrogen-bond acceptors (Lipinski definition) is 2. The zero-order valence-corrected chi connectivity index (χ0v) is 49.8. The van der Waals surface area contributed by atoms with Crippen molar-refractivity contribution in [3.05, 3.63) is 103 Å². The third kappa shape index (κ3) is 5.73. The molecule has 4 nitrogen and oxygen atoms in total. The molecule has 4 heterocycles. The van der Waals surface area contributed by atoms with Gasteiger partial charge in [-0.3, -0.25) is 0 Å². The number of carbonyl (C=O) groups is 1. The van der Waals surface area contributed by atoms with E-state index in [4.69, 9.17) is 0 Å².